The number of pyridine rings is 1. The Morgan fingerprint density at radius 2 is 1.96 bits per heavy atom. The zero-order valence-electron chi connectivity index (χ0n) is 12.5. The summed E-state index contributed by atoms with van der Waals surface area (Å²) < 4.78 is 13.8. The fourth-order valence-electron chi connectivity index (χ4n) is 2.45. The van der Waals surface area contributed by atoms with Gasteiger partial charge in [-0.15, -0.1) is 0 Å². The molecule has 0 aliphatic rings. The zero-order chi connectivity index (χ0) is 17.1. The van der Waals surface area contributed by atoms with Crippen LogP contribution in [0.2, 0.25) is 5.15 Å². The Kier molecular flexibility index (Phi) is 4.57. The molecule has 0 bridgehead atoms. The lowest BCUT2D eigenvalue weighted by atomic mass is 10.1. The third-order valence-corrected chi connectivity index (χ3v) is 3.83. The number of nitrogens with zero attached hydrogens (tertiary/aromatic N) is 2. The number of hydrogen-bond donors (Lipinski definition) is 1. The Bertz CT molecular complexity index is 900. The van der Waals surface area contributed by atoms with Crippen LogP contribution < -0.4 is 5.32 Å². The number of benzene rings is 2. The van der Waals surface area contributed by atoms with Gasteiger partial charge in [0.15, 0.2) is 0 Å². The summed E-state index contributed by atoms with van der Waals surface area (Å²) in [6, 6.07) is 12.8. The van der Waals surface area contributed by atoms with Gasteiger partial charge in [0, 0.05) is 29.8 Å². The summed E-state index contributed by atoms with van der Waals surface area (Å²) in [5.74, 6) is -0.423. The van der Waals surface area contributed by atoms with Gasteiger partial charge in [0.25, 0.3) is 5.69 Å². The van der Waals surface area contributed by atoms with Crippen molar-refractivity contribution in [3.8, 4) is 0 Å². The molecule has 5 nitrogen and oxygen atoms in total. The number of hydrogen-bond acceptors (Lipinski definition) is 4. The van der Waals surface area contributed by atoms with Crippen molar-refractivity contribution in [1.82, 2.24) is 4.98 Å². The molecule has 0 saturated heterocycles. The van der Waals surface area contributed by atoms with Gasteiger partial charge in [0.1, 0.15) is 16.5 Å². The number of anilines is 1. The molecule has 0 saturated carbocycles. The van der Waals surface area contributed by atoms with Gasteiger partial charge in [-0.25, -0.2) is 9.37 Å². The smallest absolute Gasteiger partial charge is 0.269 e. The maximum atomic E-state index is 13.8. The minimum atomic E-state index is -0.429. The maximum Gasteiger partial charge on any atom is 0.269 e. The van der Waals surface area contributed by atoms with Gasteiger partial charge in [-0.1, -0.05) is 35.9 Å². The first-order chi connectivity index (χ1) is 11.5. The van der Waals surface area contributed by atoms with Crippen molar-refractivity contribution < 1.29 is 9.31 Å². The van der Waals surface area contributed by atoms with Crippen molar-refractivity contribution in [2.45, 2.75) is 6.42 Å². The summed E-state index contributed by atoms with van der Waals surface area (Å²) in [5, 5.41) is 14.7. The molecule has 1 heterocycles. The molecule has 122 valence electrons. The standard InChI is InChI=1S/C17H13ClFN3O2/c18-16-10-15(13-2-1-3-14(19)17(13)21-16)20-9-8-11-4-6-12(7-5-11)22(23)24/h1-7,10H,8-9H2,(H,20,21). The van der Waals surface area contributed by atoms with Gasteiger partial charge in [0.2, 0.25) is 0 Å². The Balaban J connectivity index is 1.74. The highest BCUT2D eigenvalue weighted by Crippen LogP contribution is 2.27. The van der Waals surface area contributed by atoms with Crippen LogP contribution in [0.15, 0.2) is 48.5 Å². The normalized spacial score (nSPS) is 10.8. The largest absolute Gasteiger partial charge is 0.384 e. The lowest BCUT2D eigenvalue weighted by Gasteiger charge is -2.10. The summed E-state index contributed by atoms with van der Waals surface area (Å²) in [4.78, 5) is 14.2. The van der Waals surface area contributed by atoms with Crippen LogP contribution in [0.5, 0.6) is 0 Å². The van der Waals surface area contributed by atoms with Crippen LogP contribution in [0, 0.1) is 15.9 Å². The fourth-order valence-corrected chi connectivity index (χ4v) is 2.65. The molecule has 1 N–H and O–H groups in total. The second kappa shape index (κ2) is 6.80. The summed E-state index contributed by atoms with van der Waals surface area (Å²) in [5.41, 5.74) is 1.95. The van der Waals surface area contributed by atoms with Gasteiger partial charge >= 0.3 is 0 Å². The predicted octanol–water partition coefficient (Wildman–Crippen LogP) is 4.59. The van der Waals surface area contributed by atoms with E-state index < -0.39 is 10.7 Å². The Labute approximate surface area is 142 Å². The number of halogens is 2. The van der Waals surface area contributed by atoms with E-state index in [0.29, 0.717) is 24.0 Å². The molecule has 1 aromatic heterocycles. The highest BCUT2D eigenvalue weighted by atomic mass is 35.5. The van der Waals surface area contributed by atoms with Gasteiger partial charge in [-0.3, -0.25) is 10.1 Å². The molecule has 2 aromatic carbocycles. The summed E-state index contributed by atoms with van der Waals surface area (Å²) in [6.45, 7) is 0.573. The van der Waals surface area contributed by atoms with E-state index in [1.54, 1.807) is 30.3 Å². The molecule has 3 aromatic rings. The average molecular weight is 346 g/mol. The van der Waals surface area contributed by atoms with Gasteiger partial charge in [-0.05, 0) is 24.1 Å². The number of nitro groups is 1. The summed E-state index contributed by atoms with van der Waals surface area (Å²) >= 11 is 5.96. The van der Waals surface area contributed by atoms with E-state index in [2.05, 4.69) is 10.3 Å². The number of rotatable bonds is 5. The van der Waals surface area contributed by atoms with Crippen LogP contribution in [0.1, 0.15) is 5.56 Å². The quantitative estimate of drug-likeness (QED) is 0.417. The van der Waals surface area contributed by atoms with Crippen LogP contribution in [-0.2, 0) is 6.42 Å². The van der Waals surface area contributed by atoms with E-state index in [1.165, 1.54) is 18.2 Å². The molecular weight excluding hydrogens is 333 g/mol. The lowest BCUT2D eigenvalue weighted by Crippen LogP contribution is -2.06. The molecule has 0 amide bonds. The molecule has 7 heteroatoms. The van der Waals surface area contributed by atoms with Crippen LogP contribution >= 0.6 is 11.6 Å². The molecule has 0 fully saturated rings. The number of nitrogens with one attached hydrogen (secondary N) is 1. The van der Waals surface area contributed by atoms with Crippen LogP contribution in [-0.4, -0.2) is 16.5 Å². The van der Waals surface area contributed by atoms with Crippen molar-refractivity contribution in [1.29, 1.82) is 0 Å². The molecule has 0 spiro atoms. The number of para-hydroxylation sites is 1. The molecule has 24 heavy (non-hydrogen) atoms. The summed E-state index contributed by atoms with van der Waals surface area (Å²) in [6.07, 6.45) is 0.661. The average Bonchev–Trinajstić information content (AvgIpc) is 2.56. The predicted molar refractivity (Wildman–Crippen MR) is 92.0 cm³/mol. The Hall–Kier alpha value is -2.73. The van der Waals surface area contributed by atoms with Crippen molar-refractivity contribution in [2.24, 2.45) is 0 Å². The number of nitro benzene ring substituents is 1. The fraction of sp³-hybridized carbons (Fsp3) is 0.118. The van der Waals surface area contributed by atoms with E-state index in [4.69, 9.17) is 11.6 Å². The van der Waals surface area contributed by atoms with Gasteiger partial charge in [0.05, 0.1) is 4.92 Å². The van der Waals surface area contributed by atoms with E-state index in [-0.39, 0.29) is 16.4 Å². The third kappa shape index (κ3) is 3.44. The lowest BCUT2D eigenvalue weighted by molar-refractivity contribution is -0.384. The first kappa shape index (κ1) is 16.1. The minimum absolute atomic E-state index is 0.0640. The number of aromatic nitrogens is 1. The second-order valence-electron chi connectivity index (χ2n) is 5.23. The van der Waals surface area contributed by atoms with Crippen molar-refractivity contribution in [2.75, 3.05) is 11.9 Å². The van der Waals surface area contributed by atoms with Crippen molar-refractivity contribution in [3.05, 3.63) is 75.2 Å². The topological polar surface area (TPSA) is 68.1 Å². The zero-order valence-corrected chi connectivity index (χ0v) is 13.3. The SMILES string of the molecule is O=[N+]([O-])c1ccc(CCNc2cc(Cl)nc3c(F)cccc23)cc1. The van der Waals surface area contributed by atoms with Gasteiger partial charge < -0.3 is 5.32 Å². The number of fused-ring (bicyclic) bond motifs is 1. The Morgan fingerprint density at radius 1 is 1.21 bits per heavy atom. The molecule has 3 rings (SSSR count). The van der Waals surface area contributed by atoms with E-state index in [0.717, 1.165) is 5.56 Å². The first-order valence-electron chi connectivity index (χ1n) is 7.26. The minimum Gasteiger partial charge on any atom is -0.384 e. The highest BCUT2D eigenvalue weighted by Gasteiger charge is 2.09. The Morgan fingerprint density at radius 3 is 2.67 bits per heavy atom. The van der Waals surface area contributed by atoms with Gasteiger partial charge in [-0.2, -0.15) is 0 Å². The molecule has 0 aliphatic carbocycles. The van der Waals surface area contributed by atoms with Crippen LogP contribution in [0.4, 0.5) is 15.8 Å². The van der Waals surface area contributed by atoms with E-state index in [1.807, 2.05) is 0 Å². The molecule has 0 atom stereocenters. The molecule has 0 unspecified atom stereocenters. The first-order valence-corrected chi connectivity index (χ1v) is 7.64. The molecule has 0 aliphatic heterocycles. The number of non-ortho nitro benzene ring substituents is 1. The molecular formula is C17H13ClFN3O2. The van der Waals surface area contributed by atoms with Crippen molar-refractivity contribution in [3.63, 3.8) is 0 Å². The maximum absolute atomic E-state index is 13.8. The third-order valence-electron chi connectivity index (χ3n) is 3.64. The monoisotopic (exact) mass is 345 g/mol. The summed E-state index contributed by atoms with van der Waals surface area (Å²) in [7, 11) is 0. The van der Waals surface area contributed by atoms with Crippen molar-refractivity contribution >= 4 is 33.9 Å². The van der Waals surface area contributed by atoms with Crippen LogP contribution in [0.3, 0.4) is 0 Å². The van der Waals surface area contributed by atoms with Crippen LogP contribution in [0.25, 0.3) is 10.9 Å². The second-order valence-corrected chi connectivity index (χ2v) is 5.62. The van der Waals surface area contributed by atoms with E-state index in [9.17, 15) is 14.5 Å². The van der Waals surface area contributed by atoms with E-state index >= 15 is 0 Å². The highest BCUT2D eigenvalue weighted by molar-refractivity contribution is 6.30. The molecule has 0 radical (unpaired) electrons.